The topological polar surface area (TPSA) is 189 Å². The molecule has 4 unspecified atom stereocenters. The van der Waals surface area contributed by atoms with Gasteiger partial charge in [0.1, 0.15) is 12.3 Å². The van der Waals surface area contributed by atoms with Gasteiger partial charge in [-0.25, -0.2) is 8.42 Å². The number of anilines is 1. The quantitative estimate of drug-likeness (QED) is 0.0818. The zero-order valence-electron chi connectivity index (χ0n) is 24.3. The number of nitrogens with one attached hydrogen (secondary N) is 3. The number of benzene rings is 3. The number of aldehydes is 1. The lowest BCUT2D eigenvalue weighted by molar-refractivity contribution is -0.128. The number of guanidine groups is 1. The summed E-state index contributed by atoms with van der Waals surface area (Å²) in [6.45, 7) is 1.82. The second-order valence-corrected chi connectivity index (χ2v) is 12.2. The van der Waals surface area contributed by atoms with Crippen LogP contribution in [0.25, 0.3) is 0 Å². The van der Waals surface area contributed by atoms with Crippen LogP contribution in [0.4, 0.5) is 5.69 Å². The molecule has 44 heavy (non-hydrogen) atoms. The molecule has 0 spiro atoms. The summed E-state index contributed by atoms with van der Waals surface area (Å²) in [5.74, 6) is -1.68. The van der Waals surface area contributed by atoms with Crippen molar-refractivity contribution in [2.24, 2.45) is 16.5 Å². The number of carbonyl (C=O) groups is 3. The highest BCUT2D eigenvalue weighted by Crippen LogP contribution is 2.35. The highest BCUT2D eigenvalue weighted by molar-refractivity contribution is 7.88. The first-order chi connectivity index (χ1) is 21.1. The van der Waals surface area contributed by atoms with Crippen molar-refractivity contribution >= 4 is 39.8 Å². The Labute approximate surface area is 257 Å². The standard InChI is InChI=1S/C31H37N7O5S/c1-21(29(40)35-24(19-39)15-10-18-34-31(32)33)38-26-17-9-8-16-25(26)27(23-13-6-3-7-14-23)36-28(30(38)41)37-44(42,43)20-22-11-4-2-5-12-22/h2-9,11-14,16-17,19,21,24,27-28,36-37H,10,15,18,20H2,1H3,(H,35,40)(H4,32,33,34). The van der Waals surface area contributed by atoms with Crippen molar-refractivity contribution in [1.29, 1.82) is 0 Å². The number of rotatable bonds is 13. The molecule has 1 aliphatic rings. The van der Waals surface area contributed by atoms with E-state index in [0.29, 0.717) is 29.5 Å². The largest absolute Gasteiger partial charge is 0.370 e. The molecule has 232 valence electrons. The van der Waals surface area contributed by atoms with Crippen molar-refractivity contribution in [1.82, 2.24) is 15.4 Å². The van der Waals surface area contributed by atoms with Crippen molar-refractivity contribution in [3.63, 3.8) is 0 Å². The van der Waals surface area contributed by atoms with Crippen LogP contribution in [-0.4, -0.2) is 57.3 Å². The Kier molecular flexibility index (Phi) is 10.8. The van der Waals surface area contributed by atoms with Gasteiger partial charge >= 0.3 is 0 Å². The molecule has 1 aliphatic heterocycles. The van der Waals surface area contributed by atoms with E-state index in [1.165, 1.54) is 11.8 Å². The van der Waals surface area contributed by atoms with Gasteiger partial charge in [0.2, 0.25) is 15.9 Å². The molecule has 4 atom stereocenters. The lowest BCUT2D eigenvalue weighted by Gasteiger charge is -2.31. The number of sulfonamides is 1. The van der Waals surface area contributed by atoms with Crippen LogP contribution < -0.4 is 31.7 Å². The molecule has 0 aliphatic carbocycles. The minimum absolute atomic E-state index is 0.0694. The molecule has 1 heterocycles. The molecule has 12 nitrogen and oxygen atoms in total. The number of amides is 2. The van der Waals surface area contributed by atoms with Gasteiger partial charge in [-0.2, -0.15) is 4.72 Å². The number of nitrogens with two attached hydrogens (primary N) is 2. The van der Waals surface area contributed by atoms with Gasteiger partial charge in [-0.15, -0.1) is 0 Å². The number of hydrogen-bond donors (Lipinski definition) is 5. The molecule has 0 aromatic heterocycles. The van der Waals surface area contributed by atoms with E-state index in [1.807, 2.05) is 42.5 Å². The third-order valence-corrected chi connectivity index (χ3v) is 8.49. The van der Waals surface area contributed by atoms with Crippen LogP contribution in [0.1, 0.15) is 42.5 Å². The molecule has 3 aromatic carbocycles. The van der Waals surface area contributed by atoms with E-state index in [0.717, 1.165) is 5.56 Å². The van der Waals surface area contributed by atoms with Crippen LogP contribution in [-0.2, 0) is 30.2 Å². The van der Waals surface area contributed by atoms with Gasteiger partial charge in [0.05, 0.1) is 17.8 Å². The second kappa shape index (κ2) is 14.7. The minimum Gasteiger partial charge on any atom is -0.370 e. The summed E-state index contributed by atoms with van der Waals surface area (Å²) < 4.78 is 29.2. The van der Waals surface area contributed by atoms with Gasteiger partial charge in [-0.3, -0.25) is 24.8 Å². The fourth-order valence-corrected chi connectivity index (χ4v) is 6.31. The molecular weight excluding hydrogens is 582 g/mol. The van der Waals surface area contributed by atoms with E-state index in [1.54, 1.807) is 42.5 Å². The molecule has 2 amide bonds. The SMILES string of the molecule is CC(C(=O)NC(C=O)CCCN=C(N)N)N1C(=O)C(NS(=O)(=O)Cc2ccccc2)NC(c2ccccc2)c2ccccc21. The van der Waals surface area contributed by atoms with E-state index in [9.17, 15) is 22.8 Å². The minimum atomic E-state index is -4.02. The summed E-state index contributed by atoms with van der Waals surface area (Å²) in [4.78, 5) is 44.7. The van der Waals surface area contributed by atoms with E-state index < -0.39 is 46.1 Å². The summed E-state index contributed by atoms with van der Waals surface area (Å²) >= 11 is 0. The number of carbonyl (C=O) groups excluding carboxylic acids is 3. The van der Waals surface area contributed by atoms with Gasteiger partial charge < -0.3 is 21.6 Å². The van der Waals surface area contributed by atoms with Crippen molar-refractivity contribution in [2.45, 2.75) is 49.8 Å². The van der Waals surface area contributed by atoms with Crippen molar-refractivity contribution in [3.8, 4) is 0 Å². The fourth-order valence-electron chi connectivity index (χ4n) is 5.07. The average Bonchev–Trinajstić information content (AvgIpc) is 3.12. The van der Waals surface area contributed by atoms with Crippen molar-refractivity contribution in [2.75, 3.05) is 11.4 Å². The average molecular weight is 620 g/mol. The Morgan fingerprint density at radius 3 is 2.32 bits per heavy atom. The summed E-state index contributed by atoms with van der Waals surface area (Å²) in [6.07, 6.45) is -0.0812. The van der Waals surface area contributed by atoms with Gasteiger partial charge in [0.15, 0.2) is 12.1 Å². The number of fused-ring (bicyclic) bond motifs is 1. The molecule has 13 heteroatoms. The Morgan fingerprint density at radius 2 is 1.66 bits per heavy atom. The summed E-state index contributed by atoms with van der Waals surface area (Å²) in [7, 11) is -4.02. The zero-order valence-corrected chi connectivity index (χ0v) is 25.1. The molecule has 0 bridgehead atoms. The molecule has 0 saturated heterocycles. The number of aliphatic imine (C=N–C) groups is 1. The van der Waals surface area contributed by atoms with E-state index in [2.05, 4.69) is 20.3 Å². The summed E-state index contributed by atoms with van der Waals surface area (Å²) in [6, 6.07) is 22.5. The molecule has 0 saturated carbocycles. The van der Waals surface area contributed by atoms with E-state index >= 15 is 0 Å². The normalized spacial score (nSPS) is 17.9. The summed E-state index contributed by atoms with van der Waals surface area (Å²) in [5.41, 5.74) is 13.1. The molecule has 4 rings (SSSR count). The van der Waals surface area contributed by atoms with Crippen LogP contribution in [0.15, 0.2) is 89.9 Å². The Hall–Kier alpha value is -4.59. The first-order valence-corrected chi connectivity index (χ1v) is 15.8. The Morgan fingerprint density at radius 1 is 1.02 bits per heavy atom. The predicted octanol–water partition coefficient (Wildman–Crippen LogP) is 1.28. The second-order valence-electron chi connectivity index (χ2n) is 10.4. The maximum Gasteiger partial charge on any atom is 0.260 e. The third-order valence-electron chi connectivity index (χ3n) is 7.18. The highest BCUT2D eigenvalue weighted by atomic mass is 32.2. The Bertz CT molecular complexity index is 1580. The number of para-hydroxylation sites is 1. The van der Waals surface area contributed by atoms with Crippen LogP contribution in [0, 0.1) is 0 Å². The van der Waals surface area contributed by atoms with Crippen molar-refractivity contribution in [3.05, 3.63) is 102 Å². The predicted molar refractivity (Wildman–Crippen MR) is 169 cm³/mol. The van der Waals surface area contributed by atoms with Gasteiger partial charge in [0.25, 0.3) is 5.91 Å². The van der Waals surface area contributed by atoms with E-state index in [-0.39, 0.29) is 24.7 Å². The highest BCUT2D eigenvalue weighted by Gasteiger charge is 2.41. The fraction of sp³-hybridized carbons (Fsp3) is 0.290. The first-order valence-electron chi connectivity index (χ1n) is 14.2. The monoisotopic (exact) mass is 619 g/mol. The van der Waals surface area contributed by atoms with Gasteiger partial charge in [-0.05, 0) is 42.5 Å². The van der Waals surface area contributed by atoms with Gasteiger partial charge in [-0.1, -0.05) is 78.9 Å². The maximum atomic E-state index is 14.2. The van der Waals surface area contributed by atoms with Crippen LogP contribution in [0.5, 0.6) is 0 Å². The first kappa shape index (κ1) is 32.3. The van der Waals surface area contributed by atoms with Crippen LogP contribution >= 0.6 is 0 Å². The number of nitrogens with zero attached hydrogens (tertiary/aromatic N) is 2. The van der Waals surface area contributed by atoms with Crippen LogP contribution in [0.2, 0.25) is 0 Å². The molecule has 0 radical (unpaired) electrons. The molecule has 7 N–H and O–H groups in total. The van der Waals surface area contributed by atoms with Crippen molar-refractivity contribution < 1.29 is 22.8 Å². The molecule has 3 aromatic rings. The Balaban J connectivity index is 1.67. The third kappa shape index (κ3) is 8.28. The molecule has 0 fully saturated rings. The lowest BCUT2D eigenvalue weighted by Crippen LogP contribution is -2.59. The van der Waals surface area contributed by atoms with E-state index in [4.69, 9.17) is 11.5 Å². The van der Waals surface area contributed by atoms with Crippen LogP contribution in [0.3, 0.4) is 0 Å². The lowest BCUT2D eigenvalue weighted by atomic mass is 9.97. The number of hydrogen-bond acceptors (Lipinski definition) is 7. The summed E-state index contributed by atoms with van der Waals surface area (Å²) in [5, 5.41) is 5.89. The van der Waals surface area contributed by atoms with Gasteiger partial charge in [0, 0.05) is 12.2 Å². The smallest absolute Gasteiger partial charge is 0.260 e. The zero-order chi connectivity index (χ0) is 31.7. The molecular formula is C31H37N7O5S. The maximum absolute atomic E-state index is 14.2.